The number of para-hydroxylation sites is 1. The minimum absolute atomic E-state index is 0.0598. The third kappa shape index (κ3) is 3.33. The molecule has 0 radical (unpaired) electrons. The van der Waals surface area contributed by atoms with E-state index in [2.05, 4.69) is 20.9 Å². The van der Waals surface area contributed by atoms with Crippen LogP contribution in [-0.2, 0) is 0 Å². The maximum Gasteiger partial charge on any atom is 0.172 e. The van der Waals surface area contributed by atoms with Crippen LogP contribution in [0, 0.1) is 0 Å². The second-order valence-electron chi connectivity index (χ2n) is 4.94. The van der Waals surface area contributed by atoms with E-state index in [9.17, 15) is 5.11 Å². The summed E-state index contributed by atoms with van der Waals surface area (Å²) in [6.07, 6.45) is 1.78. The number of halogens is 2. The number of benzene rings is 2. The lowest BCUT2D eigenvalue weighted by atomic mass is 10.1. The molecular weight excluding hydrogens is 378 g/mol. The van der Waals surface area contributed by atoms with Crippen LogP contribution in [0.5, 0.6) is 11.5 Å². The molecule has 0 aliphatic rings. The molecule has 1 aromatic heterocycles. The maximum absolute atomic E-state index is 9.85. The van der Waals surface area contributed by atoms with E-state index in [1.165, 1.54) is 7.11 Å². The zero-order chi connectivity index (χ0) is 16.4. The Morgan fingerprint density at radius 1 is 1.22 bits per heavy atom. The molecule has 0 saturated carbocycles. The monoisotopic (exact) mass is 389 g/mol. The van der Waals surface area contributed by atoms with Crippen molar-refractivity contribution in [3.05, 3.63) is 64.3 Å². The van der Waals surface area contributed by atoms with Gasteiger partial charge >= 0.3 is 0 Å². The fraction of sp³-hybridized carbons (Fsp3) is 0.0556. The molecule has 5 heteroatoms. The van der Waals surface area contributed by atoms with Gasteiger partial charge < -0.3 is 9.84 Å². The van der Waals surface area contributed by atoms with Crippen LogP contribution >= 0.6 is 27.5 Å². The molecule has 116 valence electrons. The number of phenolic OH excluding ortho intramolecular Hbond substituents is 1. The van der Waals surface area contributed by atoms with Crippen LogP contribution < -0.4 is 4.74 Å². The summed E-state index contributed by atoms with van der Waals surface area (Å²) in [5.74, 6) is 0.436. The largest absolute Gasteiger partial charge is 0.503 e. The van der Waals surface area contributed by atoms with Gasteiger partial charge in [0, 0.05) is 5.39 Å². The van der Waals surface area contributed by atoms with Crippen LogP contribution in [0.3, 0.4) is 0 Å². The first-order valence-corrected chi connectivity index (χ1v) is 8.05. The Bertz CT molecular complexity index is 909. The molecule has 0 aliphatic carbocycles. The number of hydrogen-bond acceptors (Lipinski definition) is 3. The fourth-order valence-corrected chi connectivity index (χ4v) is 2.94. The Morgan fingerprint density at radius 2 is 2.00 bits per heavy atom. The summed E-state index contributed by atoms with van der Waals surface area (Å²) in [6, 6.07) is 15.2. The summed E-state index contributed by atoms with van der Waals surface area (Å²) in [5, 5.41) is 11.4. The van der Waals surface area contributed by atoms with Crippen molar-refractivity contribution in [3.8, 4) is 11.5 Å². The van der Waals surface area contributed by atoms with E-state index in [-0.39, 0.29) is 5.75 Å². The predicted molar refractivity (Wildman–Crippen MR) is 97.8 cm³/mol. The van der Waals surface area contributed by atoms with Crippen LogP contribution in [0.4, 0.5) is 0 Å². The molecule has 0 unspecified atom stereocenters. The number of aromatic hydroxyl groups is 1. The molecule has 0 aliphatic heterocycles. The van der Waals surface area contributed by atoms with Crippen LogP contribution in [-0.4, -0.2) is 17.2 Å². The molecule has 0 amide bonds. The van der Waals surface area contributed by atoms with Gasteiger partial charge in [-0.15, -0.1) is 0 Å². The van der Waals surface area contributed by atoms with Gasteiger partial charge in [-0.3, -0.25) is 0 Å². The predicted octanol–water partition coefficient (Wildman–Crippen LogP) is 5.45. The van der Waals surface area contributed by atoms with Crippen molar-refractivity contribution in [2.24, 2.45) is 0 Å². The molecule has 1 N–H and O–H groups in total. The molecular formula is C18H13BrClNO2. The molecule has 2 aromatic carbocycles. The Balaban J connectivity index is 2.02. The number of fused-ring (bicyclic) bond motifs is 1. The van der Waals surface area contributed by atoms with Crippen molar-refractivity contribution in [1.82, 2.24) is 4.98 Å². The quantitative estimate of drug-likeness (QED) is 0.647. The number of methoxy groups -OCH3 is 1. The van der Waals surface area contributed by atoms with Gasteiger partial charge in [-0.2, -0.15) is 0 Å². The minimum Gasteiger partial charge on any atom is -0.503 e. The second-order valence-corrected chi connectivity index (χ2v) is 6.20. The van der Waals surface area contributed by atoms with Crippen molar-refractivity contribution in [1.29, 1.82) is 0 Å². The van der Waals surface area contributed by atoms with Crippen LogP contribution in [0.2, 0.25) is 0 Å². The normalized spacial score (nSPS) is 11.7. The van der Waals surface area contributed by atoms with Gasteiger partial charge in [0.2, 0.25) is 0 Å². The molecule has 3 aromatic rings. The Labute approximate surface area is 147 Å². The van der Waals surface area contributed by atoms with Gasteiger partial charge in [-0.1, -0.05) is 35.9 Å². The molecule has 0 spiro atoms. The molecule has 1 heterocycles. The first kappa shape index (κ1) is 15.8. The number of nitrogens with zero attached hydrogens (tertiary/aromatic N) is 1. The maximum atomic E-state index is 9.85. The van der Waals surface area contributed by atoms with E-state index < -0.39 is 0 Å². The van der Waals surface area contributed by atoms with E-state index in [0.717, 1.165) is 16.5 Å². The first-order chi connectivity index (χ1) is 11.1. The third-order valence-corrected chi connectivity index (χ3v) is 4.31. The van der Waals surface area contributed by atoms with Crippen molar-refractivity contribution < 1.29 is 9.84 Å². The Morgan fingerprint density at radius 3 is 2.78 bits per heavy atom. The average molecular weight is 391 g/mol. The highest BCUT2D eigenvalue weighted by molar-refractivity contribution is 9.10. The molecule has 0 fully saturated rings. The van der Waals surface area contributed by atoms with Crippen molar-refractivity contribution in [2.45, 2.75) is 0 Å². The van der Waals surface area contributed by atoms with Crippen molar-refractivity contribution >= 4 is 49.5 Å². The summed E-state index contributed by atoms with van der Waals surface area (Å²) < 4.78 is 5.68. The highest BCUT2D eigenvalue weighted by Gasteiger charge is 2.09. The van der Waals surface area contributed by atoms with Gasteiger partial charge in [0.1, 0.15) is 0 Å². The summed E-state index contributed by atoms with van der Waals surface area (Å²) in [6.45, 7) is 0. The lowest BCUT2D eigenvalue weighted by molar-refractivity contribution is 0.372. The number of rotatable bonds is 3. The smallest absolute Gasteiger partial charge is 0.172 e. The van der Waals surface area contributed by atoms with E-state index in [0.29, 0.717) is 20.9 Å². The molecule has 3 nitrogen and oxygen atoms in total. The summed E-state index contributed by atoms with van der Waals surface area (Å²) in [7, 11) is 1.50. The molecule has 0 bridgehead atoms. The van der Waals surface area contributed by atoms with E-state index in [1.54, 1.807) is 18.2 Å². The minimum atomic E-state index is 0.0598. The molecule has 3 rings (SSSR count). The molecule has 0 saturated heterocycles. The summed E-state index contributed by atoms with van der Waals surface area (Å²) >= 11 is 9.71. The van der Waals surface area contributed by atoms with Crippen molar-refractivity contribution in [2.75, 3.05) is 7.11 Å². The number of hydrogen-bond donors (Lipinski definition) is 1. The van der Waals surface area contributed by atoms with Crippen LogP contribution in [0.1, 0.15) is 11.3 Å². The van der Waals surface area contributed by atoms with E-state index in [1.807, 2.05) is 36.4 Å². The molecule has 23 heavy (non-hydrogen) atoms. The van der Waals surface area contributed by atoms with Crippen LogP contribution in [0.15, 0.2) is 53.0 Å². The zero-order valence-electron chi connectivity index (χ0n) is 12.3. The van der Waals surface area contributed by atoms with Crippen LogP contribution in [0.25, 0.3) is 22.0 Å². The number of pyridine rings is 1. The van der Waals surface area contributed by atoms with Gasteiger partial charge in [-0.25, -0.2) is 4.98 Å². The van der Waals surface area contributed by atoms with Gasteiger partial charge in [0.15, 0.2) is 11.5 Å². The average Bonchev–Trinajstić information content (AvgIpc) is 2.57. The Hall–Kier alpha value is -2.04. The number of ether oxygens (including phenoxy) is 1. The molecule has 0 atom stereocenters. The first-order valence-electron chi connectivity index (χ1n) is 6.88. The summed E-state index contributed by atoms with van der Waals surface area (Å²) in [4.78, 5) is 4.56. The highest BCUT2D eigenvalue weighted by atomic mass is 79.9. The second kappa shape index (κ2) is 6.60. The van der Waals surface area contributed by atoms with Gasteiger partial charge in [0.25, 0.3) is 0 Å². The lowest BCUT2D eigenvalue weighted by Crippen LogP contribution is -1.88. The standard InChI is InChI=1S/C18H13BrClNO2/c1-23-17-10-11(8-13(19)18(17)22)9-14(20)16-7-6-12-4-2-3-5-15(12)21-16/h2-10,22H,1H3/b14-9-. The van der Waals surface area contributed by atoms with E-state index in [4.69, 9.17) is 16.3 Å². The van der Waals surface area contributed by atoms with Gasteiger partial charge in [-0.05, 0) is 51.8 Å². The third-order valence-electron chi connectivity index (χ3n) is 3.41. The number of aromatic nitrogens is 1. The lowest BCUT2D eigenvalue weighted by Gasteiger charge is -2.07. The zero-order valence-corrected chi connectivity index (χ0v) is 14.6. The fourth-order valence-electron chi connectivity index (χ4n) is 2.25. The van der Waals surface area contributed by atoms with Crippen molar-refractivity contribution in [3.63, 3.8) is 0 Å². The highest BCUT2D eigenvalue weighted by Crippen LogP contribution is 2.36. The topological polar surface area (TPSA) is 42.4 Å². The number of phenols is 1. The Kier molecular flexibility index (Phi) is 4.55. The SMILES string of the molecule is COc1cc(/C=C(\Cl)c2ccc3ccccc3n2)cc(Br)c1O. The van der Waals surface area contributed by atoms with Gasteiger partial charge in [0.05, 0.1) is 27.8 Å². The van der Waals surface area contributed by atoms with E-state index >= 15 is 0 Å². The summed E-state index contributed by atoms with van der Waals surface area (Å²) in [5.41, 5.74) is 2.38.